The normalized spacial score (nSPS) is 10.7. The van der Waals surface area contributed by atoms with Crippen molar-refractivity contribution in [2.24, 2.45) is 0 Å². The first kappa shape index (κ1) is 15.1. The summed E-state index contributed by atoms with van der Waals surface area (Å²) in [6.07, 6.45) is 3.33. The fourth-order valence-electron chi connectivity index (χ4n) is 2.80. The Kier molecular flexibility index (Phi) is 3.96. The first-order valence-electron chi connectivity index (χ1n) is 8.02. The Balaban J connectivity index is 1.61. The van der Waals surface area contributed by atoms with Crippen LogP contribution in [-0.2, 0) is 6.54 Å². The molecule has 0 saturated heterocycles. The molecule has 0 unspecified atom stereocenters. The van der Waals surface area contributed by atoms with E-state index in [1.54, 1.807) is 23.1 Å². The van der Waals surface area contributed by atoms with Crippen LogP contribution in [0.1, 0.15) is 16.1 Å². The highest BCUT2D eigenvalue weighted by molar-refractivity contribution is 6.07. The first-order chi connectivity index (χ1) is 12.3. The average molecular weight is 328 g/mol. The summed E-state index contributed by atoms with van der Waals surface area (Å²) in [6.45, 7) is 0.541. The Morgan fingerprint density at radius 2 is 1.72 bits per heavy atom. The van der Waals surface area contributed by atoms with Gasteiger partial charge in [0.15, 0.2) is 0 Å². The number of nitrogens with one attached hydrogen (secondary N) is 1. The van der Waals surface area contributed by atoms with Gasteiger partial charge in [-0.05, 0) is 23.1 Å². The lowest BCUT2D eigenvalue weighted by Crippen LogP contribution is -2.19. The first-order valence-corrected chi connectivity index (χ1v) is 8.02. The highest BCUT2D eigenvalue weighted by Gasteiger charge is 2.14. The molecule has 0 bridgehead atoms. The second-order valence-corrected chi connectivity index (χ2v) is 5.69. The quantitative estimate of drug-likeness (QED) is 0.621. The van der Waals surface area contributed by atoms with Gasteiger partial charge in [-0.15, -0.1) is 0 Å². The highest BCUT2D eigenvalue weighted by Crippen LogP contribution is 2.21. The molecule has 2 aromatic carbocycles. The third-order valence-electron chi connectivity index (χ3n) is 4.03. The molecule has 0 radical (unpaired) electrons. The predicted molar refractivity (Wildman–Crippen MR) is 97.5 cm³/mol. The molecule has 0 fully saturated rings. The zero-order valence-corrected chi connectivity index (χ0v) is 13.5. The standard InChI is InChI=1S/C20H16N4O/c25-20(23-19-17-9-5-4-8-16(17)10-12-21-19)18-11-13-22-24(18)14-15-6-2-1-3-7-15/h1-13H,14H2,(H,21,23,25). The minimum Gasteiger partial charge on any atom is -0.305 e. The third kappa shape index (κ3) is 3.12. The topological polar surface area (TPSA) is 59.8 Å². The van der Waals surface area contributed by atoms with Crippen LogP contribution in [-0.4, -0.2) is 20.7 Å². The van der Waals surface area contributed by atoms with Crippen molar-refractivity contribution in [3.8, 4) is 0 Å². The number of aromatic nitrogens is 3. The second kappa shape index (κ2) is 6.57. The number of rotatable bonds is 4. The van der Waals surface area contributed by atoms with Gasteiger partial charge in [0.1, 0.15) is 11.5 Å². The summed E-state index contributed by atoms with van der Waals surface area (Å²) >= 11 is 0. The number of pyridine rings is 1. The number of benzene rings is 2. The minimum atomic E-state index is -0.225. The van der Waals surface area contributed by atoms with Crippen molar-refractivity contribution >= 4 is 22.5 Å². The van der Waals surface area contributed by atoms with E-state index in [1.807, 2.05) is 60.7 Å². The van der Waals surface area contributed by atoms with Gasteiger partial charge in [-0.25, -0.2) is 4.98 Å². The zero-order chi connectivity index (χ0) is 17.1. The number of fused-ring (bicyclic) bond motifs is 1. The van der Waals surface area contributed by atoms with Gasteiger partial charge < -0.3 is 5.32 Å². The van der Waals surface area contributed by atoms with Crippen LogP contribution in [0.4, 0.5) is 5.82 Å². The molecule has 1 amide bonds. The number of amides is 1. The fourth-order valence-corrected chi connectivity index (χ4v) is 2.80. The van der Waals surface area contributed by atoms with Gasteiger partial charge in [0.25, 0.3) is 5.91 Å². The molecule has 4 rings (SSSR count). The van der Waals surface area contributed by atoms with Gasteiger partial charge in [-0.2, -0.15) is 5.10 Å². The number of anilines is 1. The summed E-state index contributed by atoms with van der Waals surface area (Å²) < 4.78 is 1.69. The molecular weight excluding hydrogens is 312 g/mol. The predicted octanol–water partition coefficient (Wildman–Crippen LogP) is 3.73. The van der Waals surface area contributed by atoms with Crippen LogP contribution >= 0.6 is 0 Å². The Bertz CT molecular complexity index is 1020. The molecule has 5 nitrogen and oxygen atoms in total. The van der Waals surface area contributed by atoms with Crippen LogP contribution < -0.4 is 5.32 Å². The van der Waals surface area contributed by atoms with Crippen molar-refractivity contribution < 1.29 is 4.79 Å². The van der Waals surface area contributed by atoms with Crippen molar-refractivity contribution in [2.45, 2.75) is 6.54 Å². The Morgan fingerprint density at radius 3 is 2.60 bits per heavy atom. The lowest BCUT2D eigenvalue weighted by molar-refractivity contribution is 0.101. The molecule has 25 heavy (non-hydrogen) atoms. The average Bonchev–Trinajstić information content (AvgIpc) is 3.11. The summed E-state index contributed by atoms with van der Waals surface area (Å²) in [5.74, 6) is 0.327. The molecule has 1 N–H and O–H groups in total. The number of carbonyl (C=O) groups is 1. The van der Waals surface area contributed by atoms with E-state index >= 15 is 0 Å². The number of hydrogen-bond acceptors (Lipinski definition) is 3. The Morgan fingerprint density at radius 1 is 0.920 bits per heavy atom. The molecule has 0 aliphatic heterocycles. The van der Waals surface area contributed by atoms with Gasteiger partial charge in [0, 0.05) is 17.8 Å². The number of carbonyl (C=O) groups excluding carboxylic acids is 1. The maximum absolute atomic E-state index is 12.7. The van der Waals surface area contributed by atoms with Crippen molar-refractivity contribution in [1.82, 2.24) is 14.8 Å². The Hall–Kier alpha value is -3.47. The van der Waals surface area contributed by atoms with Crippen molar-refractivity contribution in [3.63, 3.8) is 0 Å². The smallest absolute Gasteiger partial charge is 0.275 e. The number of nitrogens with zero attached hydrogens (tertiary/aromatic N) is 3. The number of hydrogen-bond donors (Lipinski definition) is 1. The van der Waals surface area contributed by atoms with Gasteiger partial charge >= 0.3 is 0 Å². The van der Waals surface area contributed by atoms with E-state index in [0.717, 1.165) is 16.3 Å². The van der Waals surface area contributed by atoms with Gasteiger partial charge in [-0.1, -0.05) is 54.6 Å². The second-order valence-electron chi connectivity index (χ2n) is 5.69. The summed E-state index contributed by atoms with van der Waals surface area (Å²) in [4.78, 5) is 17.0. The van der Waals surface area contributed by atoms with Crippen LogP contribution in [0, 0.1) is 0 Å². The summed E-state index contributed by atoms with van der Waals surface area (Å²) in [7, 11) is 0. The summed E-state index contributed by atoms with van der Waals surface area (Å²) in [5.41, 5.74) is 1.59. The van der Waals surface area contributed by atoms with Crippen LogP contribution in [0.25, 0.3) is 10.8 Å². The van der Waals surface area contributed by atoms with E-state index in [-0.39, 0.29) is 5.91 Å². The van der Waals surface area contributed by atoms with Crippen molar-refractivity contribution in [3.05, 3.63) is 90.4 Å². The van der Waals surface area contributed by atoms with Crippen LogP contribution in [0.15, 0.2) is 79.1 Å². The van der Waals surface area contributed by atoms with Crippen LogP contribution in [0.3, 0.4) is 0 Å². The minimum absolute atomic E-state index is 0.225. The van der Waals surface area contributed by atoms with Crippen molar-refractivity contribution in [2.75, 3.05) is 5.32 Å². The van der Waals surface area contributed by atoms with Crippen molar-refractivity contribution in [1.29, 1.82) is 0 Å². The molecule has 4 aromatic rings. The van der Waals surface area contributed by atoms with E-state index in [1.165, 1.54) is 0 Å². The van der Waals surface area contributed by atoms with Gasteiger partial charge in [0.2, 0.25) is 0 Å². The van der Waals surface area contributed by atoms with E-state index in [4.69, 9.17) is 0 Å². The molecule has 0 spiro atoms. The molecule has 5 heteroatoms. The lowest BCUT2D eigenvalue weighted by Gasteiger charge is -2.10. The maximum atomic E-state index is 12.7. The molecule has 0 atom stereocenters. The van der Waals surface area contributed by atoms with Crippen LogP contribution in [0.2, 0.25) is 0 Å². The molecular formula is C20H16N4O. The molecule has 122 valence electrons. The van der Waals surface area contributed by atoms with Crippen LogP contribution in [0.5, 0.6) is 0 Å². The summed E-state index contributed by atoms with van der Waals surface area (Å²) in [6, 6.07) is 21.4. The molecule has 0 saturated carbocycles. The van der Waals surface area contributed by atoms with Gasteiger partial charge in [0.05, 0.1) is 6.54 Å². The Labute approximate surface area is 144 Å². The zero-order valence-electron chi connectivity index (χ0n) is 13.5. The largest absolute Gasteiger partial charge is 0.305 e. The maximum Gasteiger partial charge on any atom is 0.275 e. The van der Waals surface area contributed by atoms with E-state index in [0.29, 0.717) is 18.1 Å². The fraction of sp³-hybridized carbons (Fsp3) is 0.0500. The highest BCUT2D eigenvalue weighted by atomic mass is 16.2. The molecule has 0 aliphatic rings. The molecule has 0 aliphatic carbocycles. The SMILES string of the molecule is O=C(Nc1nccc2ccccc12)c1ccnn1Cc1ccccc1. The summed E-state index contributed by atoms with van der Waals surface area (Å²) in [5, 5.41) is 9.12. The molecule has 2 heterocycles. The van der Waals surface area contributed by atoms with E-state index in [9.17, 15) is 4.79 Å². The van der Waals surface area contributed by atoms with Gasteiger partial charge in [-0.3, -0.25) is 9.48 Å². The lowest BCUT2D eigenvalue weighted by atomic mass is 10.1. The third-order valence-corrected chi connectivity index (χ3v) is 4.03. The van der Waals surface area contributed by atoms with E-state index < -0.39 is 0 Å². The van der Waals surface area contributed by atoms with E-state index in [2.05, 4.69) is 15.4 Å². The monoisotopic (exact) mass is 328 g/mol. The molecule has 2 aromatic heterocycles.